The fourth-order valence-corrected chi connectivity index (χ4v) is 2.27. The van der Waals surface area contributed by atoms with E-state index in [0.717, 1.165) is 11.3 Å². The van der Waals surface area contributed by atoms with Crippen molar-refractivity contribution in [2.24, 2.45) is 0 Å². The molecule has 4 heteroatoms. The summed E-state index contributed by atoms with van der Waals surface area (Å²) < 4.78 is 5.56. The van der Waals surface area contributed by atoms with Crippen LogP contribution in [0.5, 0.6) is 5.75 Å². The lowest BCUT2D eigenvalue weighted by atomic mass is 10.1. The normalized spacial score (nSPS) is 10.2. The number of aryl methyl sites for hydroxylation is 1. The van der Waals surface area contributed by atoms with Crippen molar-refractivity contribution in [3.8, 4) is 5.75 Å². The minimum absolute atomic E-state index is 0.00964. The molecule has 0 radical (unpaired) electrons. The predicted octanol–water partition coefficient (Wildman–Crippen LogP) is 3.86. The Morgan fingerprint density at radius 1 is 1.04 bits per heavy atom. The number of benzene rings is 2. The molecule has 0 saturated heterocycles. The van der Waals surface area contributed by atoms with Crippen molar-refractivity contribution >= 4 is 17.4 Å². The number of amides is 1. The van der Waals surface area contributed by atoms with E-state index in [1.165, 1.54) is 6.92 Å². The molecule has 120 valence electrons. The summed E-state index contributed by atoms with van der Waals surface area (Å²) in [5, 5.41) is 2.84. The Bertz CT molecular complexity index is 677. The van der Waals surface area contributed by atoms with Gasteiger partial charge in [-0.1, -0.05) is 18.2 Å². The molecule has 2 rings (SSSR count). The van der Waals surface area contributed by atoms with Crippen LogP contribution >= 0.6 is 0 Å². The second-order valence-corrected chi connectivity index (χ2v) is 5.22. The van der Waals surface area contributed by atoms with Crippen molar-refractivity contribution in [2.75, 3.05) is 11.9 Å². The van der Waals surface area contributed by atoms with Crippen LogP contribution in [0.4, 0.5) is 5.69 Å². The summed E-state index contributed by atoms with van der Waals surface area (Å²) in [6, 6.07) is 14.6. The van der Waals surface area contributed by atoms with Gasteiger partial charge in [-0.2, -0.15) is 0 Å². The Labute approximate surface area is 136 Å². The van der Waals surface area contributed by atoms with Crippen molar-refractivity contribution in [3.63, 3.8) is 0 Å². The van der Waals surface area contributed by atoms with Crippen LogP contribution in [0.25, 0.3) is 0 Å². The van der Waals surface area contributed by atoms with Gasteiger partial charge < -0.3 is 10.1 Å². The minimum Gasteiger partial charge on any atom is -0.494 e. The zero-order valence-electron chi connectivity index (χ0n) is 13.5. The first-order valence-electron chi connectivity index (χ1n) is 7.71. The first-order chi connectivity index (χ1) is 11.1. The molecule has 0 aliphatic carbocycles. The lowest BCUT2D eigenvalue weighted by Crippen LogP contribution is -2.12. The average molecular weight is 311 g/mol. The van der Waals surface area contributed by atoms with Crippen molar-refractivity contribution in [3.05, 3.63) is 59.7 Å². The van der Waals surface area contributed by atoms with E-state index in [1.807, 2.05) is 31.2 Å². The third-order valence-electron chi connectivity index (χ3n) is 3.47. The Balaban J connectivity index is 1.91. The van der Waals surface area contributed by atoms with E-state index in [4.69, 9.17) is 4.74 Å². The van der Waals surface area contributed by atoms with E-state index in [-0.39, 0.29) is 11.7 Å². The SMILES string of the molecule is CCOc1ccccc1CCC(=O)Nc1ccc(C(C)=O)cc1. The van der Waals surface area contributed by atoms with E-state index in [9.17, 15) is 9.59 Å². The average Bonchev–Trinajstić information content (AvgIpc) is 2.55. The molecule has 1 amide bonds. The minimum atomic E-state index is -0.0631. The van der Waals surface area contributed by atoms with Crippen molar-refractivity contribution in [2.45, 2.75) is 26.7 Å². The smallest absolute Gasteiger partial charge is 0.224 e. The number of rotatable bonds is 7. The van der Waals surface area contributed by atoms with Crippen LogP contribution in [0, 0.1) is 0 Å². The Kier molecular flexibility index (Phi) is 5.92. The fourth-order valence-electron chi connectivity index (χ4n) is 2.27. The zero-order chi connectivity index (χ0) is 16.7. The highest BCUT2D eigenvalue weighted by Crippen LogP contribution is 2.20. The first-order valence-corrected chi connectivity index (χ1v) is 7.71. The number of ketones is 1. The van der Waals surface area contributed by atoms with Crippen LogP contribution in [0.15, 0.2) is 48.5 Å². The molecule has 2 aromatic carbocycles. The van der Waals surface area contributed by atoms with Gasteiger partial charge in [-0.25, -0.2) is 0 Å². The van der Waals surface area contributed by atoms with Gasteiger partial charge in [0.1, 0.15) is 5.75 Å². The van der Waals surface area contributed by atoms with E-state index in [0.29, 0.717) is 30.7 Å². The molecular formula is C19H21NO3. The predicted molar refractivity (Wildman–Crippen MR) is 91.0 cm³/mol. The molecule has 4 nitrogen and oxygen atoms in total. The second kappa shape index (κ2) is 8.13. The number of carbonyl (C=O) groups is 2. The molecular weight excluding hydrogens is 290 g/mol. The molecule has 0 aromatic heterocycles. The lowest BCUT2D eigenvalue weighted by Gasteiger charge is -2.10. The van der Waals surface area contributed by atoms with Crippen LogP contribution in [-0.4, -0.2) is 18.3 Å². The summed E-state index contributed by atoms with van der Waals surface area (Å²) in [5.74, 6) is 0.774. The Morgan fingerprint density at radius 3 is 2.39 bits per heavy atom. The highest BCUT2D eigenvalue weighted by atomic mass is 16.5. The molecule has 0 unspecified atom stereocenters. The fraction of sp³-hybridized carbons (Fsp3) is 0.263. The molecule has 0 fully saturated rings. The van der Waals surface area contributed by atoms with E-state index < -0.39 is 0 Å². The number of hydrogen-bond acceptors (Lipinski definition) is 3. The molecule has 0 aliphatic heterocycles. The van der Waals surface area contributed by atoms with E-state index >= 15 is 0 Å². The molecule has 0 bridgehead atoms. The Morgan fingerprint density at radius 2 is 1.74 bits per heavy atom. The van der Waals surface area contributed by atoms with Gasteiger partial charge >= 0.3 is 0 Å². The van der Waals surface area contributed by atoms with Gasteiger partial charge in [-0.15, -0.1) is 0 Å². The molecule has 0 spiro atoms. The van der Waals surface area contributed by atoms with E-state index in [1.54, 1.807) is 24.3 Å². The number of carbonyl (C=O) groups excluding carboxylic acids is 2. The lowest BCUT2D eigenvalue weighted by molar-refractivity contribution is -0.116. The first kappa shape index (κ1) is 16.7. The van der Waals surface area contributed by atoms with E-state index in [2.05, 4.69) is 5.32 Å². The molecule has 0 aliphatic rings. The quantitative estimate of drug-likeness (QED) is 0.790. The molecule has 0 atom stereocenters. The van der Waals surface area contributed by atoms with Crippen LogP contribution in [-0.2, 0) is 11.2 Å². The van der Waals surface area contributed by atoms with Crippen molar-refractivity contribution < 1.29 is 14.3 Å². The van der Waals surface area contributed by atoms with Crippen LogP contribution < -0.4 is 10.1 Å². The summed E-state index contributed by atoms with van der Waals surface area (Å²) in [7, 11) is 0. The maximum Gasteiger partial charge on any atom is 0.224 e. The highest BCUT2D eigenvalue weighted by Gasteiger charge is 2.07. The number of hydrogen-bond donors (Lipinski definition) is 1. The third kappa shape index (κ3) is 4.95. The number of para-hydroxylation sites is 1. The topological polar surface area (TPSA) is 55.4 Å². The maximum atomic E-state index is 12.1. The summed E-state index contributed by atoms with van der Waals surface area (Å²) in [5.41, 5.74) is 2.35. The van der Waals surface area contributed by atoms with Crippen molar-refractivity contribution in [1.82, 2.24) is 0 Å². The molecule has 2 aromatic rings. The summed E-state index contributed by atoms with van der Waals surface area (Å²) in [6.45, 7) is 4.06. The zero-order valence-corrected chi connectivity index (χ0v) is 13.5. The summed E-state index contributed by atoms with van der Waals surface area (Å²) in [6.07, 6.45) is 0.992. The number of ether oxygens (including phenoxy) is 1. The highest BCUT2D eigenvalue weighted by molar-refractivity contribution is 5.95. The summed E-state index contributed by atoms with van der Waals surface area (Å²) in [4.78, 5) is 23.3. The van der Waals surface area contributed by atoms with Crippen LogP contribution in [0.1, 0.15) is 36.2 Å². The number of nitrogens with one attached hydrogen (secondary N) is 1. The standard InChI is InChI=1S/C19H21NO3/c1-3-23-18-7-5-4-6-16(18)10-13-19(22)20-17-11-8-15(9-12-17)14(2)21/h4-9,11-12H,3,10,13H2,1-2H3,(H,20,22). The van der Waals surface area contributed by atoms with Gasteiger partial charge in [-0.3, -0.25) is 9.59 Å². The van der Waals surface area contributed by atoms with Crippen LogP contribution in [0.3, 0.4) is 0 Å². The molecule has 1 N–H and O–H groups in total. The van der Waals surface area contributed by atoms with Gasteiger partial charge in [-0.05, 0) is 56.2 Å². The summed E-state index contributed by atoms with van der Waals surface area (Å²) >= 11 is 0. The molecule has 0 saturated carbocycles. The number of anilines is 1. The second-order valence-electron chi connectivity index (χ2n) is 5.22. The van der Waals surface area contributed by atoms with Gasteiger partial charge in [0.05, 0.1) is 6.61 Å². The van der Waals surface area contributed by atoms with Gasteiger partial charge in [0.2, 0.25) is 5.91 Å². The monoisotopic (exact) mass is 311 g/mol. The van der Waals surface area contributed by atoms with Gasteiger partial charge in [0.25, 0.3) is 0 Å². The maximum absolute atomic E-state index is 12.1. The van der Waals surface area contributed by atoms with Gasteiger partial charge in [0.15, 0.2) is 5.78 Å². The molecule has 23 heavy (non-hydrogen) atoms. The third-order valence-corrected chi connectivity index (χ3v) is 3.47. The van der Waals surface area contributed by atoms with Gasteiger partial charge in [0, 0.05) is 17.7 Å². The largest absolute Gasteiger partial charge is 0.494 e. The van der Waals surface area contributed by atoms with Crippen LogP contribution in [0.2, 0.25) is 0 Å². The molecule has 0 heterocycles. The van der Waals surface area contributed by atoms with Crippen molar-refractivity contribution in [1.29, 1.82) is 0 Å². The Hall–Kier alpha value is -2.62. The number of Topliss-reactive ketones (excluding diaryl/α,β-unsaturated/α-hetero) is 1.